The van der Waals surface area contributed by atoms with E-state index in [-0.39, 0.29) is 11.8 Å². The molecule has 3 aliphatic heterocycles. The van der Waals surface area contributed by atoms with Crippen LogP contribution in [0.2, 0.25) is 0 Å². The van der Waals surface area contributed by atoms with E-state index in [1.54, 1.807) is 0 Å². The van der Waals surface area contributed by atoms with Crippen molar-refractivity contribution in [3.05, 3.63) is 23.8 Å². The molecule has 4 rings (SSSR count). The third-order valence-corrected chi connectivity index (χ3v) is 5.63. The van der Waals surface area contributed by atoms with Crippen LogP contribution < -0.4 is 20.7 Å². The lowest BCUT2D eigenvalue weighted by Crippen LogP contribution is -2.48. The van der Waals surface area contributed by atoms with Gasteiger partial charge in [0.05, 0.1) is 6.61 Å². The zero-order valence-electron chi connectivity index (χ0n) is 15.1. The van der Waals surface area contributed by atoms with E-state index < -0.39 is 0 Å². The average Bonchev–Trinajstić information content (AvgIpc) is 2.97. The molecule has 3 N–H and O–H groups in total. The van der Waals surface area contributed by atoms with Gasteiger partial charge in [0, 0.05) is 36.7 Å². The lowest BCUT2D eigenvalue weighted by atomic mass is 9.99. The summed E-state index contributed by atoms with van der Waals surface area (Å²) in [6.45, 7) is 0.524. The molecule has 2 atom stereocenters. The maximum atomic E-state index is 12.2. The number of carbonyl (C=O) groups excluding carboxylic acids is 2. The molecule has 2 fully saturated rings. The van der Waals surface area contributed by atoms with Crippen molar-refractivity contribution < 1.29 is 14.3 Å². The maximum absolute atomic E-state index is 12.2. The van der Waals surface area contributed by atoms with Crippen LogP contribution in [-0.2, 0) is 16.0 Å². The molecule has 0 saturated carbocycles. The highest BCUT2D eigenvalue weighted by Crippen LogP contribution is 2.28. The molecule has 6 nitrogen and oxygen atoms in total. The second kappa shape index (κ2) is 7.66. The Hall–Kier alpha value is -2.08. The Morgan fingerprint density at radius 2 is 2.00 bits per heavy atom. The predicted molar refractivity (Wildman–Crippen MR) is 99.2 cm³/mol. The number of carbonyl (C=O) groups is 2. The summed E-state index contributed by atoms with van der Waals surface area (Å²) < 4.78 is 5.78. The zero-order valence-corrected chi connectivity index (χ0v) is 15.1. The smallest absolute Gasteiger partial charge is 0.224 e. The Kier molecular flexibility index (Phi) is 5.11. The first kappa shape index (κ1) is 17.3. The summed E-state index contributed by atoms with van der Waals surface area (Å²) in [4.78, 5) is 23.5. The Bertz CT molecular complexity index is 679. The predicted octanol–water partition coefficient (Wildman–Crippen LogP) is 2.13. The number of rotatable bonds is 6. The summed E-state index contributed by atoms with van der Waals surface area (Å²) in [5.41, 5.74) is 1.99. The van der Waals surface area contributed by atoms with Gasteiger partial charge in [-0.1, -0.05) is 0 Å². The van der Waals surface area contributed by atoms with E-state index in [1.807, 2.05) is 18.2 Å². The van der Waals surface area contributed by atoms with Gasteiger partial charge in [-0.25, -0.2) is 0 Å². The van der Waals surface area contributed by atoms with Crippen molar-refractivity contribution in [2.75, 3.05) is 11.9 Å². The Morgan fingerprint density at radius 3 is 2.81 bits per heavy atom. The van der Waals surface area contributed by atoms with Crippen LogP contribution in [0.25, 0.3) is 0 Å². The van der Waals surface area contributed by atoms with Gasteiger partial charge in [-0.2, -0.15) is 0 Å². The number of fused-ring (bicyclic) bond motifs is 3. The van der Waals surface area contributed by atoms with Crippen molar-refractivity contribution in [2.45, 2.75) is 69.5 Å². The summed E-state index contributed by atoms with van der Waals surface area (Å²) >= 11 is 0. The van der Waals surface area contributed by atoms with Crippen LogP contribution in [0.4, 0.5) is 5.69 Å². The van der Waals surface area contributed by atoms with E-state index >= 15 is 0 Å². The van der Waals surface area contributed by atoms with Crippen LogP contribution in [-0.4, -0.2) is 36.5 Å². The van der Waals surface area contributed by atoms with Crippen LogP contribution in [0, 0.1) is 0 Å². The fraction of sp³-hybridized carbons (Fsp3) is 0.600. The maximum Gasteiger partial charge on any atom is 0.224 e. The minimum absolute atomic E-state index is 0.0685. The molecule has 6 heteroatoms. The van der Waals surface area contributed by atoms with Gasteiger partial charge >= 0.3 is 0 Å². The first-order valence-electron chi connectivity index (χ1n) is 9.77. The quantitative estimate of drug-likeness (QED) is 0.682. The number of anilines is 1. The molecule has 140 valence electrons. The average molecular weight is 357 g/mol. The van der Waals surface area contributed by atoms with E-state index in [1.165, 1.54) is 12.8 Å². The first-order valence-corrected chi connectivity index (χ1v) is 9.77. The highest BCUT2D eigenvalue weighted by atomic mass is 16.5. The van der Waals surface area contributed by atoms with Gasteiger partial charge in [-0.15, -0.1) is 0 Å². The van der Waals surface area contributed by atoms with Crippen molar-refractivity contribution in [1.82, 2.24) is 10.6 Å². The number of nitrogens with one attached hydrogen (secondary N) is 3. The number of hydrogen-bond acceptors (Lipinski definition) is 4. The SMILES string of the molecule is O=C1CCc2cc(OCCCC(=O)NC3CC4CCC(C3)N4)ccc2N1. The molecule has 1 aromatic carbocycles. The van der Waals surface area contributed by atoms with E-state index in [4.69, 9.17) is 4.74 Å². The molecule has 0 aromatic heterocycles. The third kappa shape index (κ3) is 4.18. The normalized spacial score (nSPS) is 26.8. The van der Waals surface area contributed by atoms with Gasteiger partial charge in [0.2, 0.25) is 11.8 Å². The molecule has 2 unspecified atom stereocenters. The van der Waals surface area contributed by atoms with Crippen LogP contribution in [0.1, 0.15) is 50.5 Å². The molecule has 2 amide bonds. The standard InChI is InChI=1S/C20H27N3O3/c24-19(22-16-11-14-4-5-15(12-16)21-14)2-1-9-26-17-6-7-18-13(10-17)3-8-20(25)23-18/h6-7,10,14-16,21H,1-5,8-9,11-12H2,(H,22,24)(H,23,25). The number of hydrogen-bond donors (Lipinski definition) is 3. The van der Waals surface area contributed by atoms with E-state index in [9.17, 15) is 9.59 Å². The number of benzene rings is 1. The van der Waals surface area contributed by atoms with E-state index in [2.05, 4.69) is 16.0 Å². The van der Waals surface area contributed by atoms with E-state index in [0.717, 1.165) is 36.3 Å². The van der Waals surface area contributed by atoms with Gasteiger partial charge in [0.1, 0.15) is 5.75 Å². The van der Waals surface area contributed by atoms with Crippen LogP contribution in [0.5, 0.6) is 5.75 Å². The number of aryl methyl sites for hydroxylation is 1. The van der Waals surface area contributed by atoms with Gasteiger partial charge in [-0.3, -0.25) is 9.59 Å². The van der Waals surface area contributed by atoms with Gasteiger partial charge in [0.25, 0.3) is 0 Å². The van der Waals surface area contributed by atoms with Crippen molar-refractivity contribution in [3.63, 3.8) is 0 Å². The molecule has 1 aromatic rings. The minimum atomic E-state index is 0.0685. The highest BCUT2D eigenvalue weighted by molar-refractivity contribution is 5.94. The molecule has 3 aliphatic rings. The molecule has 3 heterocycles. The molecule has 0 aliphatic carbocycles. The zero-order chi connectivity index (χ0) is 17.9. The summed E-state index contributed by atoms with van der Waals surface area (Å²) in [5, 5.41) is 9.65. The second-order valence-corrected chi connectivity index (χ2v) is 7.69. The van der Waals surface area contributed by atoms with Crippen LogP contribution >= 0.6 is 0 Å². The van der Waals surface area contributed by atoms with Gasteiger partial charge in [0.15, 0.2) is 0 Å². The molecular formula is C20H27N3O3. The van der Waals surface area contributed by atoms with Gasteiger partial charge in [-0.05, 0) is 62.3 Å². The van der Waals surface area contributed by atoms with Crippen molar-refractivity contribution >= 4 is 17.5 Å². The lowest BCUT2D eigenvalue weighted by molar-refractivity contribution is -0.122. The second-order valence-electron chi connectivity index (χ2n) is 7.69. The number of amides is 2. The molecule has 2 bridgehead atoms. The molecule has 0 spiro atoms. The van der Waals surface area contributed by atoms with E-state index in [0.29, 0.717) is 44.0 Å². The summed E-state index contributed by atoms with van der Waals surface area (Å²) in [6, 6.07) is 7.26. The first-order chi connectivity index (χ1) is 12.7. The van der Waals surface area contributed by atoms with Crippen molar-refractivity contribution in [1.29, 1.82) is 0 Å². The van der Waals surface area contributed by atoms with Crippen LogP contribution in [0.15, 0.2) is 18.2 Å². The largest absolute Gasteiger partial charge is 0.494 e. The van der Waals surface area contributed by atoms with Crippen molar-refractivity contribution in [3.8, 4) is 5.75 Å². The fourth-order valence-electron chi connectivity index (χ4n) is 4.35. The molecule has 2 saturated heterocycles. The van der Waals surface area contributed by atoms with Crippen molar-refractivity contribution in [2.24, 2.45) is 0 Å². The highest BCUT2D eigenvalue weighted by Gasteiger charge is 2.33. The minimum Gasteiger partial charge on any atom is -0.494 e. The Balaban J connectivity index is 1.17. The summed E-state index contributed by atoms with van der Waals surface area (Å²) in [6.07, 6.45) is 7.09. The number of piperidine rings is 1. The Morgan fingerprint density at radius 1 is 1.19 bits per heavy atom. The lowest BCUT2D eigenvalue weighted by Gasteiger charge is -2.29. The number of ether oxygens (including phenoxy) is 1. The molecule has 26 heavy (non-hydrogen) atoms. The van der Waals surface area contributed by atoms with Gasteiger partial charge < -0.3 is 20.7 Å². The fourth-order valence-corrected chi connectivity index (χ4v) is 4.35. The third-order valence-electron chi connectivity index (χ3n) is 5.63. The summed E-state index contributed by atoms with van der Waals surface area (Å²) in [5.74, 6) is 1.00. The monoisotopic (exact) mass is 357 g/mol. The van der Waals surface area contributed by atoms with Crippen LogP contribution in [0.3, 0.4) is 0 Å². The summed E-state index contributed by atoms with van der Waals surface area (Å²) in [7, 11) is 0. The topological polar surface area (TPSA) is 79.5 Å². The molecule has 0 radical (unpaired) electrons. The Labute approximate surface area is 154 Å². The molecular weight excluding hydrogens is 330 g/mol.